The summed E-state index contributed by atoms with van der Waals surface area (Å²) in [6.07, 6.45) is 2.46. The third-order valence-electron chi connectivity index (χ3n) is 5.58. The second-order valence-electron chi connectivity index (χ2n) is 7.84. The molecule has 1 aliphatic carbocycles. The van der Waals surface area contributed by atoms with Gasteiger partial charge in [0, 0.05) is 18.3 Å². The lowest BCUT2D eigenvalue weighted by Gasteiger charge is -2.16. The van der Waals surface area contributed by atoms with Crippen molar-refractivity contribution >= 4 is 15.8 Å². The molecule has 1 aromatic heterocycles. The monoisotopic (exact) mass is 442 g/mol. The van der Waals surface area contributed by atoms with E-state index in [1.807, 2.05) is 37.3 Å². The molecule has 0 amide bonds. The fraction of sp³-hybridized carbons (Fsp3) is 0.273. The van der Waals surface area contributed by atoms with Crippen LogP contribution in [-0.4, -0.2) is 24.0 Å². The lowest BCUT2D eigenvalue weighted by Crippen LogP contribution is -2.34. The number of sulfonamides is 1. The summed E-state index contributed by atoms with van der Waals surface area (Å²) in [5.41, 5.74) is 7.56. The van der Waals surface area contributed by atoms with Gasteiger partial charge in [-0.25, -0.2) is 22.3 Å². The van der Waals surface area contributed by atoms with Crippen molar-refractivity contribution in [2.75, 3.05) is 5.73 Å². The number of hydrogen-bond acceptors (Lipinski definition) is 5. The Morgan fingerprint density at radius 3 is 2.61 bits per heavy atom. The van der Waals surface area contributed by atoms with Crippen LogP contribution in [0.2, 0.25) is 0 Å². The normalized spacial score (nSPS) is 18.9. The average molecular weight is 443 g/mol. The van der Waals surface area contributed by atoms with Gasteiger partial charge in [-0.3, -0.25) is 4.57 Å². The van der Waals surface area contributed by atoms with Crippen molar-refractivity contribution in [3.63, 3.8) is 0 Å². The minimum Gasteiger partial charge on any atom is -0.381 e. The van der Waals surface area contributed by atoms with Crippen molar-refractivity contribution in [1.29, 1.82) is 0 Å². The lowest BCUT2D eigenvalue weighted by atomic mass is 10.0. The molecule has 2 atom stereocenters. The zero-order valence-electron chi connectivity index (χ0n) is 17.0. The Bertz CT molecular complexity index is 1270. The van der Waals surface area contributed by atoms with Gasteiger partial charge in [0.2, 0.25) is 10.0 Å². The predicted molar refractivity (Wildman–Crippen MR) is 116 cm³/mol. The highest BCUT2D eigenvalue weighted by Gasteiger charge is 2.31. The molecule has 0 unspecified atom stereocenters. The molecule has 0 spiro atoms. The van der Waals surface area contributed by atoms with Crippen molar-refractivity contribution in [1.82, 2.24) is 14.3 Å². The molecule has 0 aliphatic heterocycles. The largest absolute Gasteiger partial charge is 0.381 e. The predicted octanol–water partition coefficient (Wildman–Crippen LogP) is 3.01. The van der Waals surface area contributed by atoms with Gasteiger partial charge in [0.15, 0.2) is 11.6 Å². The van der Waals surface area contributed by atoms with Gasteiger partial charge in [0.25, 0.3) is 0 Å². The van der Waals surface area contributed by atoms with Gasteiger partial charge in [0.1, 0.15) is 0 Å². The highest BCUT2D eigenvalue weighted by Crippen LogP contribution is 2.31. The van der Waals surface area contributed by atoms with Crippen molar-refractivity contribution < 1.29 is 12.8 Å². The van der Waals surface area contributed by atoms with E-state index in [4.69, 9.17) is 5.73 Å². The van der Waals surface area contributed by atoms with E-state index in [9.17, 15) is 17.6 Å². The summed E-state index contributed by atoms with van der Waals surface area (Å²) in [6, 6.07) is 13.9. The molecule has 1 fully saturated rings. The minimum absolute atomic E-state index is 0.173. The van der Waals surface area contributed by atoms with E-state index in [0.29, 0.717) is 19.3 Å². The number of aromatic nitrogens is 2. The van der Waals surface area contributed by atoms with Crippen LogP contribution in [0.3, 0.4) is 0 Å². The van der Waals surface area contributed by atoms with Crippen molar-refractivity contribution in [3.8, 4) is 11.1 Å². The fourth-order valence-corrected chi connectivity index (χ4v) is 5.24. The number of aryl methyl sites for hydroxylation is 1. The Kier molecular flexibility index (Phi) is 5.63. The first-order chi connectivity index (χ1) is 14.7. The summed E-state index contributed by atoms with van der Waals surface area (Å²) in [5.74, 6) is -1.21. The third-order valence-corrected chi connectivity index (χ3v) is 7.10. The second kappa shape index (κ2) is 8.24. The second-order valence-corrected chi connectivity index (χ2v) is 9.56. The van der Waals surface area contributed by atoms with Crippen molar-refractivity contribution in [2.45, 2.75) is 43.2 Å². The number of halogens is 1. The van der Waals surface area contributed by atoms with Gasteiger partial charge < -0.3 is 5.73 Å². The van der Waals surface area contributed by atoms with Gasteiger partial charge in [-0.2, -0.15) is 4.98 Å². The number of hydrogen-bond donors (Lipinski definition) is 2. The van der Waals surface area contributed by atoms with Crippen LogP contribution in [0.25, 0.3) is 11.1 Å². The number of benzene rings is 2. The molecular weight excluding hydrogens is 419 g/mol. The Morgan fingerprint density at radius 1 is 1.13 bits per heavy atom. The van der Waals surface area contributed by atoms with Crippen LogP contribution in [0.4, 0.5) is 10.2 Å². The van der Waals surface area contributed by atoms with Crippen LogP contribution in [0.15, 0.2) is 64.4 Å². The molecule has 2 aromatic carbocycles. The van der Waals surface area contributed by atoms with Gasteiger partial charge in [-0.05, 0) is 49.4 Å². The minimum atomic E-state index is -3.76. The summed E-state index contributed by atoms with van der Waals surface area (Å²) in [4.78, 5) is 15.7. The maximum absolute atomic E-state index is 13.7. The zero-order chi connectivity index (χ0) is 22.2. The first-order valence-corrected chi connectivity index (χ1v) is 11.4. The molecule has 3 N–H and O–H groups in total. The number of nitrogens with two attached hydrogens (primary N) is 1. The maximum atomic E-state index is 13.7. The van der Waals surface area contributed by atoms with E-state index >= 15 is 0 Å². The van der Waals surface area contributed by atoms with Crippen LogP contribution in [0.5, 0.6) is 0 Å². The first kappa shape index (κ1) is 21.2. The summed E-state index contributed by atoms with van der Waals surface area (Å²) in [7, 11) is -3.76. The molecule has 162 valence electrons. The third kappa shape index (κ3) is 4.52. The number of nitrogens with one attached hydrogen (secondary N) is 1. The number of rotatable bonds is 5. The summed E-state index contributed by atoms with van der Waals surface area (Å²) < 4.78 is 43.6. The lowest BCUT2D eigenvalue weighted by molar-refractivity contribution is 0.461. The van der Waals surface area contributed by atoms with Crippen LogP contribution in [0, 0.1) is 12.7 Å². The molecular formula is C22H23FN4O3S. The van der Waals surface area contributed by atoms with E-state index in [0.717, 1.165) is 22.9 Å². The molecule has 0 radical (unpaired) electrons. The van der Waals surface area contributed by atoms with Crippen molar-refractivity contribution in [3.05, 3.63) is 76.6 Å². The van der Waals surface area contributed by atoms with Crippen LogP contribution >= 0.6 is 0 Å². The number of nitrogens with zero attached hydrogens (tertiary/aromatic N) is 2. The Balaban J connectivity index is 1.51. The fourth-order valence-electron chi connectivity index (χ4n) is 3.91. The molecule has 0 bridgehead atoms. The van der Waals surface area contributed by atoms with E-state index < -0.39 is 27.3 Å². The molecule has 3 aromatic rings. The molecule has 1 aliphatic rings. The summed E-state index contributed by atoms with van der Waals surface area (Å²) in [5, 5.41) is 0. The van der Waals surface area contributed by atoms with Gasteiger partial charge in [0.05, 0.1) is 4.90 Å². The Morgan fingerprint density at radius 2 is 1.87 bits per heavy atom. The SMILES string of the molecule is Cc1ccc(-c2cccc(S(=O)(=O)N[C@H]3CC[C@H](n4cc(F)c(N)nc4=O)C3)c2)cc1. The van der Waals surface area contributed by atoms with Crippen molar-refractivity contribution in [2.24, 2.45) is 0 Å². The molecule has 4 rings (SSSR count). The van der Waals surface area contributed by atoms with E-state index in [1.54, 1.807) is 18.2 Å². The highest BCUT2D eigenvalue weighted by molar-refractivity contribution is 7.89. The molecule has 9 heteroatoms. The van der Waals surface area contributed by atoms with Gasteiger partial charge in [-0.15, -0.1) is 0 Å². The van der Waals surface area contributed by atoms with E-state index in [2.05, 4.69) is 9.71 Å². The highest BCUT2D eigenvalue weighted by atomic mass is 32.2. The topological polar surface area (TPSA) is 107 Å². The zero-order valence-corrected chi connectivity index (χ0v) is 17.8. The van der Waals surface area contributed by atoms with Gasteiger partial charge >= 0.3 is 5.69 Å². The summed E-state index contributed by atoms with van der Waals surface area (Å²) in [6.45, 7) is 1.99. The van der Waals surface area contributed by atoms with Crippen LogP contribution in [-0.2, 0) is 10.0 Å². The Hall–Kier alpha value is -3.04. The molecule has 0 saturated heterocycles. The maximum Gasteiger partial charge on any atom is 0.349 e. The smallest absolute Gasteiger partial charge is 0.349 e. The molecule has 31 heavy (non-hydrogen) atoms. The quantitative estimate of drug-likeness (QED) is 0.632. The van der Waals surface area contributed by atoms with Crippen LogP contribution < -0.4 is 16.1 Å². The van der Waals surface area contributed by atoms with E-state index in [-0.39, 0.29) is 17.0 Å². The van der Waals surface area contributed by atoms with Gasteiger partial charge in [-0.1, -0.05) is 42.0 Å². The number of nitrogen functional groups attached to an aromatic ring is 1. The summed E-state index contributed by atoms with van der Waals surface area (Å²) >= 11 is 0. The van der Waals surface area contributed by atoms with Crippen LogP contribution in [0.1, 0.15) is 30.9 Å². The number of anilines is 1. The molecule has 1 saturated carbocycles. The first-order valence-electron chi connectivity index (χ1n) is 9.96. The standard InChI is InChI=1S/C22H23FN4O3S/c1-14-5-7-15(8-6-14)16-3-2-4-19(11-16)31(29,30)26-17-9-10-18(12-17)27-13-20(23)21(24)25-22(27)28/h2-8,11,13,17-18,26H,9-10,12H2,1H3,(H2,24,25,28)/t17-,18-/m0/s1. The Labute approximate surface area is 179 Å². The average Bonchev–Trinajstić information content (AvgIpc) is 3.19. The van der Waals surface area contributed by atoms with E-state index in [1.165, 1.54) is 4.57 Å². The molecule has 7 nitrogen and oxygen atoms in total. The molecule has 1 heterocycles.